The number of carbonyl (C=O) groups excluding carboxylic acids is 1. The number of amides is 2. The van der Waals surface area contributed by atoms with E-state index in [1.54, 1.807) is 0 Å². The molecule has 0 fully saturated rings. The Hall–Kier alpha value is -1.76. The second kappa shape index (κ2) is 5.26. The number of nitrogens with one attached hydrogen (secondary N) is 1. The topological polar surface area (TPSA) is 52.6 Å². The third-order valence-electron chi connectivity index (χ3n) is 2.51. The first kappa shape index (κ1) is 14.3. The van der Waals surface area contributed by atoms with Crippen molar-refractivity contribution in [3.8, 4) is 0 Å². The minimum absolute atomic E-state index is 0.397. The average Bonchev–Trinajstić information content (AvgIpc) is 2.35. The summed E-state index contributed by atoms with van der Waals surface area (Å²) in [7, 11) is 1.34. The maximum Gasteiger partial charge on any atom is 0.416 e. The van der Waals surface area contributed by atoms with Crippen LogP contribution in [0, 0.1) is 0 Å². The molecule has 0 spiro atoms. The molecule has 0 bridgehead atoms. The standard InChI is InChI=1S/C11H13F3N2O2/c1-7(16(18)10(17)15-2)8-3-5-9(6-4-8)11(12,13)14/h3-7,18H,1-2H3,(H,15,17). The van der Waals surface area contributed by atoms with Gasteiger partial charge in [-0.15, -0.1) is 0 Å². The number of carbonyl (C=O) groups is 1. The minimum atomic E-state index is -4.40. The molecule has 2 amide bonds. The summed E-state index contributed by atoms with van der Waals surface area (Å²) in [6.45, 7) is 1.50. The van der Waals surface area contributed by atoms with E-state index in [9.17, 15) is 23.2 Å². The lowest BCUT2D eigenvalue weighted by Crippen LogP contribution is -2.37. The zero-order chi connectivity index (χ0) is 13.9. The molecule has 0 radical (unpaired) electrons. The van der Waals surface area contributed by atoms with Gasteiger partial charge in [0.15, 0.2) is 0 Å². The first-order valence-corrected chi connectivity index (χ1v) is 5.14. The van der Waals surface area contributed by atoms with Crippen LogP contribution in [-0.4, -0.2) is 23.3 Å². The average molecular weight is 262 g/mol. The van der Waals surface area contributed by atoms with Crippen LogP contribution in [0.3, 0.4) is 0 Å². The molecule has 1 rings (SSSR count). The first-order chi connectivity index (χ1) is 8.27. The Morgan fingerprint density at radius 3 is 2.22 bits per heavy atom. The lowest BCUT2D eigenvalue weighted by Gasteiger charge is -2.22. The van der Waals surface area contributed by atoms with E-state index < -0.39 is 23.8 Å². The minimum Gasteiger partial charge on any atom is -0.339 e. The van der Waals surface area contributed by atoms with Crippen molar-refractivity contribution in [1.82, 2.24) is 10.4 Å². The van der Waals surface area contributed by atoms with E-state index in [4.69, 9.17) is 0 Å². The predicted octanol–water partition coefficient (Wildman–Crippen LogP) is 2.80. The van der Waals surface area contributed by atoms with Crippen LogP contribution >= 0.6 is 0 Å². The fourth-order valence-electron chi connectivity index (χ4n) is 1.38. The van der Waals surface area contributed by atoms with Crippen molar-refractivity contribution in [2.24, 2.45) is 0 Å². The van der Waals surface area contributed by atoms with E-state index in [-0.39, 0.29) is 0 Å². The lowest BCUT2D eigenvalue weighted by atomic mass is 10.1. The number of urea groups is 1. The Kier molecular flexibility index (Phi) is 4.18. The molecule has 1 atom stereocenters. The summed E-state index contributed by atoms with van der Waals surface area (Å²) in [5.74, 6) is 0. The van der Waals surface area contributed by atoms with Crippen molar-refractivity contribution in [3.05, 3.63) is 35.4 Å². The fraction of sp³-hybridized carbons (Fsp3) is 0.364. The summed E-state index contributed by atoms with van der Waals surface area (Å²) < 4.78 is 37.0. The maximum absolute atomic E-state index is 12.3. The molecule has 18 heavy (non-hydrogen) atoms. The molecule has 1 aromatic carbocycles. The molecule has 1 aromatic rings. The summed E-state index contributed by atoms with van der Waals surface area (Å²) in [4.78, 5) is 11.1. The van der Waals surface area contributed by atoms with Crippen LogP contribution in [-0.2, 0) is 6.18 Å². The van der Waals surface area contributed by atoms with Crippen LogP contribution in [0.15, 0.2) is 24.3 Å². The zero-order valence-corrected chi connectivity index (χ0v) is 9.82. The highest BCUT2D eigenvalue weighted by atomic mass is 19.4. The van der Waals surface area contributed by atoms with Gasteiger partial charge >= 0.3 is 12.2 Å². The van der Waals surface area contributed by atoms with Crippen molar-refractivity contribution in [2.45, 2.75) is 19.1 Å². The largest absolute Gasteiger partial charge is 0.416 e. The van der Waals surface area contributed by atoms with E-state index in [0.717, 1.165) is 12.1 Å². The molecule has 0 aliphatic rings. The van der Waals surface area contributed by atoms with Crippen LogP contribution in [0.1, 0.15) is 24.1 Å². The van der Waals surface area contributed by atoms with E-state index in [1.165, 1.54) is 26.1 Å². The van der Waals surface area contributed by atoms with Crippen LogP contribution in [0.25, 0.3) is 0 Å². The Balaban J connectivity index is 2.89. The van der Waals surface area contributed by atoms with Gasteiger partial charge in [-0.3, -0.25) is 5.21 Å². The van der Waals surface area contributed by atoms with Crippen LogP contribution < -0.4 is 5.32 Å². The highest BCUT2D eigenvalue weighted by Crippen LogP contribution is 2.30. The van der Waals surface area contributed by atoms with Gasteiger partial charge in [-0.1, -0.05) is 12.1 Å². The van der Waals surface area contributed by atoms with Gasteiger partial charge in [0.1, 0.15) is 0 Å². The first-order valence-electron chi connectivity index (χ1n) is 5.14. The molecule has 0 aromatic heterocycles. The van der Waals surface area contributed by atoms with Gasteiger partial charge in [0.05, 0.1) is 11.6 Å². The highest BCUT2D eigenvalue weighted by molar-refractivity contribution is 5.72. The van der Waals surface area contributed by atoms with E-state index in [0.29, 0.717) is 10.6 Å². The Morgan fingerprint density at radius 1 is 1.33 bits per heavy atom. The van der Waals surface area contributed by atoms with Crippen molar-refractivity contribution in [1.29, 1.82) is 0 Å². The van der Waals surface area contributed by atoms with Gasteiger partial charge in [-0.2, -0.15) is 18.2 Å². The number of halogens is 3. The predicted molar refractivity (Wildman–Crippen MR) is 57.9 cm³/mol. The molecule has 7 heteroatoms. The number of hydrogen-bond acceptors (Lipinski definition) is 2. The lowest BCUT2D eigenvalue weighted by molar-refractivity contribution is -0.137. The van der Waals surface area contributed by atoms with Gasteiger partial charge in [0.25, 0.3) is 0 Å². The van der Waals surface area contributed by atoms with Crippen LogP contribution in [0.4, 0.5) is 18.0 Å². The number of nitrogens with zero attached hydrogens (tertiary/aromatic N) is 1. The van der Waals surface area contributed by atoms with Gasteiger partial charge in [0.2, 0.25) is 0 Å². The molecule has 0 saturated heterocycles. The summed E-state index contributed by atoms with van der Waals surface area (Å²) in [6.07, 6.45) is -4.40. The number of hydroxylamine groups is 2. The molecule has 0 aliphatic heterocycles. The van der Waals surface area contributed by atoms with E-state index >= 15 is 0 Å². The number of hydrogen-bond donors (Lipinski definition) is 2. The summed E-state index contributed by atoms with van der Waals surface area (Å²) in [5, 5.41) is 12.1. The normalized spacial score (nSPS) is 13.0. The van der Waals surface area contributed by atoms with E-state index in [2.05, 4.69) is 5.32 Å². The second-order valence-electron chi connectivity index (χ2n) is 3.70. The summed E-state index contributed by atoms with van der Waals surface area (Å²) in [5.41, 5.74) is -0.378. The quantitative estimate of drug-likeness (QED) is 0.636. The molecule has 0 aliphatic carbocycles. The van der Waals surface area contributed by atoms with Crippen molar-refractivity contribution >= 4 is 6.03 Å². The number of benzene rings is 1. The third-order valence-corrected chi connectivity index (χ3v) is 2.51. The van der Waals surface area contributed by atoms with Crippen molar-refractivity contribution < 1.29 is 23.2 Å². The van der Waals surface area contributed by atoms with Gasteiger partial charge in [0, 0.05) is 7.05 Å². The molecule has 1 unspecified atom stereocenters. The Bertz CT molecular complexity index is 417. The van der Waals surface area contributed by atoms with E-state index in [1.807, 2.05) is 0 Å². The SMILES string of the molecule is CNC(=O)N(O)C(C)c1ccc(C(F)(F)F)cc1. The zero-order valence-electron chi connectivity index (χ0n) is 9.82. The second-order valence-corrected chi connectivity index (χ2v) is 3.70. The molecule has 0 heterocycles. The van der Waals surface area contributed by atoms with Crippen LogP contribution in [0.5, 0.6) is 0 Å². The summed E-state index contributed by atoms with van der Waals surface area (Å²) in [6, 6.07) is 2.78. The third kappa shape index (κ3) is 3.13. The van der Waals surface area contributed by atoms with Crippen LogP contribution in [0.2, 0.25) is 0 Å². The van der Waals surface area contributed by atoms with Gasteiger partial charge in [-0.05, 0) is 24.6 Å². The molecule has 0 saturated carbocycles. The van der Waals surface area contributed by atoms with Gasteiger partial charge in [-0.25, -0.2) is 4.79 Å². The molecular weight excluding hydrogens is 249 g/mol. The Labute approximate surface area is 102 Å². The molecule has 100 valence electrons. The fourth-order valence-corrected chi connectivity index (χ4v) is 1.38. The van der Waals surface area contributed by atoms with Gasteiger partial charge < -0.3 is 5.32 Å². The maximum atomic E-state index is 12.3. The molecule has 2 N–H and O–H groups in total. The Morgan fingerprint density at radius 2 is 1.83 bits per heavy atom. The van der Waals surface area contributed by atoms with Crippen molar-refractivity contribution in [2.75, 3.05) is 7.05 Å². The highest BCUT2D eigenvalue weighted by Gasteiger charge is 2.30. The monoisotopic (exact) mass is 262 g/mol. The molecular formula is C11H13F3N2O2. The number of alkyl halides is 3. The summed E-state index contributed by atoms with van der Waals surface area (Å²) >= 11 is 0. The number of rotatable bonds is 2. The van der Waals surface area contributed by atoms with Crippen molar-refractivity contribution in [3.63, 3.8) is 0 Å². The smallest absolute Gasteiger partial charge is 0.339 e. The molecule has 4 nitrogen and oxygen atoms in total.